The van der Waals surface area contributed by atoms with Crippen molar-refractivity contribution in [2.24, 2.45) is 5.92 Å². The second-order valence-electron chi connectivity index (χ2n) is 4.81. The van der Waals surface area contributed by atoms with Crippen molar-refractivity contribution in [1.82, 2.24) is 10.2 Å². The summed E-state index contributed by atoms with van der Waals surface area (Å²) in [5, 5.41) is 3.54. The molecular weight excluding hydrogens is 220 g/mol. The molecular formula is C12H26N2OS. The molecule has 1 atom stereocenters. The number of hydrogen-bond acceptors (Lipinski definition) is 4. The van der Waals surface area contributed by atoms with E-state index in [1.807, 2.05) is 0 Å². The van der Waals surface area contributed by atoms with Gasteiger partial charge in [-0.05, 0) is 12.5 Å². The van der Waals surface area contributed by atoms with E-state index in [1.54, 1.807) is 7.11 Å². The summed E-state index contributed by atoms with van der Waals surface area (Å²) < 4.78 is 5.33. The summed E-state index contributed by atoms with van der Waals surface area (Å²) in [6.07, 6.45) is 0. The first-order valence-corrected chi connectivity index (χ1v) is 7.41. The van der Waals surface area contributed by atoms with E-state index in [0.29, 0.717) is 6.04 Å². The van der Waals surface area contributed by atoms with Gasteiger partial charge in [-0.3, -0.25) is 4.90 Å². The summed E-state index contributed by atoms with van der Waals surface area (Å²) in [5.74, 6) is 3.26. The lowest BCUT2D eigenvalue weighted by molar-refractivity contribution is 0.0952. The Hall–Kier alpha value is 0.230. The van der Waals surface area contributed by atoms with Crippen molar-refractivity contribution >= 4 is 11.8 Å². The number of nitrogens with one attached hydrogen (secondary N) is 1. The fraction of sp³-hybridized carbons (Fsp3) is 1.00. The van der Waals surface area contributed by atoms with E-state index in [1.165, 1.54) is 24.6 Å². The number of thioether (sulfide) groups is 1. The minimum atomic E-state index is 0.546. The lowest BCUT2D eigenvalue weighted by atomic mass is 10.2. The van der Waals surface area contributed by atoms with Crippen molar-refractivity contribution in [2.75, 3.05) is 51.4 Å². The van der Waals surface area contributed by atoms with Crippen LogP contribution in [0.5, 0.6) is 0 Å². The van der Waals surface area contributed by atoms with Gasteiger partial charge in [-0.15, -0.1) is 0 Å². The SMILES string of the molecule is COCC(CNCC(C)C)N1CCSCC1. The number of ether oxygens (including phenoxy) is 1. The van der Waals surface area contributed by atoms with E-state index >= 15 is 0 Å². The Bertz CT molecular complexity index is 172. The van der Waals surface area contributed by atoms with Gasteiger partial charge in [0.2, 0.25) is 0 Å². The van der Waals surface area contributed by atoms with Crippen LogP contribution in [0.4, 0.5) is 0 Å². The van der Waals surface area contributed by atoms with Gasteiger partial charge < -0.3 is 10.1 Å². The zero-order valence-electron chi connectivity index (χ0n) is 10.9. The molecule has 1 unspecified atom stereocenters. The van der Waals surface area contributed by atoms with Crippen LogP contribution in [0.1, 0.15) is 13.8 Å². The molecule has 0 aromatic rings. The molecule has 0 saturated carbocycles. The maximum Gasteiger partial charge on any atom is 0.0630 e. The second kappa shape index (κ2) is 8.34. The van der Waals surface area contributed by atoms with Gasteiger partial charge in [0.05, 0.1) is 6.61 Å². The molecule has 1 fully saturated rings. The standard InChI is InChI=1S/C12H26N2OS/c1-11(2)8-13-9-12(10-15-3)14-4-6-16-7-5-14/h11-13H,4-10H2,1-3H3. The fourth-order valence-corrected chi connectivity index (χ4v) is 2.90. The normalized spacial score (nSPS) is 20.2. The lowest BCUT2D eigenvalue weighted by Crippen LogP contribution is -2.49. The predicted molar refractivity (Wildman–Crippen MR) is 72.3 cm³/mol. The topological polar surface area (TPSA) is 24.5 Å². The van der Waals surface area contributed by atoms with Gasteiger partial charge in [0.15, 0.2) is 0 Å². The average Bonchev–Trinajstić information content (AvgIpc) is 2.29. The van der Waals surface area contributed by atoms with Gasteiger partial charge in [0.1, 0.15) is 0 Å². The van der Waals surface area contributed by atoms with E-state index in [2.05, 4.69) is 35.8 Å². The Kier molecular flexibility index (Phi) is 7.45. The Balaban J connectivity index is 2.27. The molecule has 16 heavy (non-hydrogen) atoms. The number of rotatable bonds is 7. The molecule has 0 amide bonds. The van der Waals surface area contributed by atoms with Crippen LogP contribution in [0, 0.1) is 5.92 Å². The molecule has 4 heteroatoms. The Morgan fingerprint density at radius 1 is 1.25 bits per heavy atom. The maximum atomic E-state index is 5.33. The molecule has 0 spiro atoms. The number of methoxy groups -OCH3 is 1. The second-order valence-corrected chi connectivity index (χ2v) is 6.03. The van der Waals surface area contributed by atoms with Crippen LogP contribution >= 0.6 is 11.8 Å². The van der Waals surface area contributed by atoms with E-state index in [9.17, 15) is 0 Å². The van der Waals surface area contributed by atoms with Crippen LogP contribution in [-0.2, 0) is 4.74 Å². The van der Waals surface area contributed by atoms with Crippen molar-refractivity contribution in [2.45, 2.75) is 19.9 Å². The molecule has 0 radical (unpaired) electrons. The molecule has 1 heterocycles. The molecule has 0 aromatic carbocycles. The van der Waals surface area contributed by atoms with Gasteiger partial charge >= 0.3 is 0 Å². The summed E-state index contributed by atoms with van der Waals surface area (Å²) in [6.45, 7) is 9.91. The largest absolute Gasteiger partial charge is 0.383 e. The Morgan fingerprint density at radius 3 is 2.50 bits per heavy atom. The minimum Gasteiger partial charge on any atom is -0.383 e. The highest BCUT2D eigenvalue weighted by atomic mass is 32.2. The summed E-state index contributed by atoms with van der Waals surface area (Å²) in [5.41, 5.74) is 0. The molecule has 96 valence electrons. The van der Waals surface area contributed by atoms with E-state index in [0.717, 1.165) is 25.6 Å². The number of hydrogen-bond donors (Lipinski definition) is 1. The highest BCUT2D eigenvalue weighted by molar-refractivity contribution is 7.99. The quantitative estimate of drug-likeness (QED) is 0.732. The Morgan fingerprint density at radius 2 is 1.94 bits per heavy atom. The van der Waals surface area contributed by atoms with Crippen LogP contribution in [0.15, 0.2) is 0 Å². The molecule has 1 N–H and O–H groups in total. The molecule has 3 nitrogen and oxygen atoms in total. The summed E-state index contributed by atoms with van der Waals surface area (Å²) >= 11 is 2.06. The monoisotopic (exact) mass is 246 g/mol. The van der Waals surface area contributed by atoms with Crippen LogP contribution in [0.25, 0.3) is 0 Å². The van der Waals surface area contributed by atoms with Gasteiger partial charge in [-0.1, -0.05) is 13.8 Å². The van der Waals surface area contributed by atoms with E-state index in [-0.39, 0.29) is 0 Å². The predicted octanol–water partition coefficient (Wildman–Crippen LogP) is 1.30. The van der Waals surface area contributed by atoms with Gasteiger partial charge in [-0.25, -0.2) is 0 Å². The summed E-state index contributed by atoms with van der Waals surface area (Å²) in [6, 6.07) is 0.546. The average molecular weight is 246 g/mol. The summed E-state index contributed by atoms with van der Waals surface area (Å²) in [7, 11) is 1.80. The van der Waals surface area contributed by atoms with Crippen LogP contribution in [0.2, 0.25) is 0 Å². The summed E-state index contributed by atoms with van der Waals surface area (Å²) in [4.78, 5) is 2.56. The zero-order chi connectivity index (χ0) is 11.8. The van der Waals surface area contributed by atoms with E-state index < -0.39 is 0 Å². The van der Waals surface area contributed by atoms with E-state index in [4.69, 9.17) is 4.74 Å². The molecule has 0 aromatic heterocycles. The van der Waals surface area contributed by atoms with Crippen molar-refractivity contribution in [3.63, 3.8) is 0 Å². The van der Waals surface area contributed by atoms with Crippen molar-refractivity contribution in [3.05, 3.63) is 0 Å². The zero-order valence-corrected chi connectivity index (χ0v) is 11.7. The fourth-order valence-electron chi connectivity index (χ4n) is 1.97. The molecule has 1 aliphatic rings. The lowest BCUT2D eigenvalue weighted by Gasteiger charge is -2.34. The van der Waals surface area contributed by atoms with Crippen molar-refractivity contribution < 1.29 is 4.74 Å². The van der Waals surface area contributed by atoms with Gasteiger partial charge in [0.25, 0.3) is 0 Å². The minimum absolute atomic E-state index is 0.546. The Labute approximate surface area is 104 Å². The van der Waals surface area contributed by atoms with Crippen LogP contribution in [0.3, 0.4) is 0 Å². The molecule has 0 aliphatic carbocycles. The third kappa shape index (κ3) is 5.53. The molecule has 1 rings (SSSR count). The van der Waals surface area contributed by atoms with Gasteiger partial charge in [-0.2, -0.15) is 11.8 Å². The third-order valence-electron chi connectivity index (χ3n) is 2.85. The van der Waals surface area contributed by atoms with Crippen molar-refractivity contribution in [3.8, 4) is 0 Å². The smallest absolute Gasteiger partial charge is 0.0630 e. The first-order chi connectivity index (χ1) is 7.74. The number of nitrogens with zero attached hydrogens (tertiary/aromatic N) is 1. The van der Waals surface area contributed by atoms with Gasteiger partial charge in [0, 0.05) is 44.3 Å². The van der Waals surface area contributed by atoms with Crippen LogP contribution < -0.4 is 5.32 Å². The molecule has 0 bridgehead atoms. The molecule has 1 saturated heterocycles. The van der Waals surface area contributed by atoms with Crippen LogP contribution in [-0.4, -0.2) is 62.3 Å². The highest BCUT2D eigenvalue weighted by Crippen LogP contribution is 2.12. The first-order valence-electron chi connectivity index (χ1n) is 6.25. The highest BCUT2D eigenvalue weighted by Gasteiger charge is 2.20. The third-order valence-corrected chi connectivity index (χ3v) is 3.80. The molecule has 1 aliphatic heterocycles. The van der Waals surface area contributed by atoms with Crippen molar-refractivity contribution in [1.29, 1.82) is 0 Å². The maximum absolute atomic E-state index is 5.33. The first kappa shape index (κ1) is 14.3.